The molecule has 0 aliphatic rings. The molecule has 0 bridgehead atoms. The second kappa shape index (κ2) is 20.1. The molecule has 6 heteroatoms. The highest BCUT2D eigenvalue weighted by Crippen LogP contribution is 2.33. The molecule has 0 aliphatic carbocycles. The van der Waals surface area contributed by atoms with Gasteiger partial charge in [-0.1, -0.05) is 180 Å². The molecule has 8 rings (SSSR count). The monoisotopic (exact) mass is 919 g/mol. The van der Waals surface area contributed by atoms with Crippen molar-refractivity contribution < 1.29 is 9.68 Å². The third-order valence-corrected chi connectivity index (χ3v) is 9.97. The summed E-state index contributed by atoms with van der Waals surface area (Å²) in [6.07, 6.45) is 0. The largest absolute Gasteiger partial charge is 0.569 e. The van der Waals surface area contributed by atoms with E-state index in [9.17, 15) is 0 Å². The molecule has 8 aromatic carbocycles. The zero-order valence-corrected chi connectivity index (χ0v) is 32.2. The lowest BCUT2D eigenvalue weighted by Crippen LogP contribution is -1.98. The Kier molecular flexibility index (Phi) is 15.7. The summed E-state index contributed by atoms with van der Waals surface area (Å²) in [5.41, 5.74) is 7.55. The molecule has 2 nitrogen and oxygen atoms in total. The normalized spacial score (nSPS) is 10.0. The molecule has 0 fully saturated rings. The van der Waals surface area contributed by atoms with E-state index in [1.807, 2.05) is 18.2 Å². The van der Waals surface area contributed by atoms with Gasteiger partial charge in [-0.15, -0.1) is 0 Å². The lowest BCUT2D eigenvalue weighted by molar-refractivity contribution is 0.453. The average Bonchev–Trinajstić information content (AvgIpc) is 3.16. The fourth-order valence-corrected chi connectivity index (χ4v) is 7.09. The number of hydrogen-bond donors (Lipinski definition) is 1. The highest BCUT2D eigenvalue weighted by atomic mass is 127. The van der Waals surface area contributed by atoms with Gasteiger partial charge in [-0.3, -0.25) is 0 Å². The summed E-state index contributed by atoms with van der Waals surface area (Å²) < 4.78 is 8.02. The number of hydrogen-bond acceptors (Lipinski definition) is 2. The lowest BCUT2D eigenvalue weighted by atomic mass is 9.95. The Morgan fingerprint density at radius 3 is 1.52 bits per heavy atom. The van der Waals surface area contributed by atoms with Crippen LogP contribution in [0, 0.1) is 3.57 Å². The van der Waals surface area contributed by atoms with E-state index in [1.165, 1.54) is 58.5 Å². The Balaban J connectivity index is 0.000000185. The second-order valence-corrected chi connectivity index (χ2v) is 14.3. The van der Waals surface area contributed by atoms with Crippen LogP contribution in [0.4, 0.5) is 0 Å². The fraction of sp³-hybridized carbons (Fsp3) is 0.0435. The van der Waals surface area contributed by atoms with Crippen molar-refractivity contribution in [2.24, 2.45) is 0 Å². The van der Waals surface area contributed by atoms with Gasteiger partial charge in [0.25, 0.3) is 0 Å². The van der Waals surface area contributed by atoms with Gasteiger partial charge in [-0.2, -0.15) is 0 Å². The SMILES string of the molecule is Brc1cccc(-c2cccc3ccc(-c4ccccc4)cc23)c1.C.C.Ic1cccc2ccc(-c3ccccc3)cc12.O[B]Oc1cccc(Br)c1. The maximum absolute atomic E-state index is 8.25. The van der Waals surface area contributed by atoms with Gasteiger partial charge in [0.15, 0.2) is 0 Å². The summed E-state index contributed by atoms with van der Waals surface area (Å²) in [6.45, 7) is 0. The summed E-state index contributed by atoms with van der Waals surface area (Å²) >= 11 is 9.23. The summed E-state index contributed by atoms with van der Waals surface area (Å²) in [5.74, 6) is 0.608. The van der Waals surface area contributed by atoms with E-state index in [1.54, 1.807) is 12.1 Å². The topological polar surface area (TPSA) is 29.5 Å². The van der Waals surface area contributed by atoms with Crippen molar-refractivity contribution >= 4 is 83.7 Å². The van der Waals surface area contributed by atoms with E-state index < -0.39 is 0 Å². The zero-order valence-electron chi connectivity index (χ0n) is 26.9. The van der Waals surface area contributed by atoms with Crippen molar-refractivity contribution in [1.82, 2.24) is 0 Å². The van der Waals surface area contributed by atoms with E-state index in [-0.39, 0.29) is 14.9 Å². The van der Waals surface area contributed by atoms with Crippen LogP contribution in [0.5, 0.6) is 5.75 Å². The molecular weight excluding hydrogens is 882 g/mol. The molecule has 0 amide bonds. The Morgan fingerprint density at radius 2 is 0.942 bits per heavy atom. The van der Waals surface area contributed by atoms with Crippen molar-refractivity contribution in [2.45, 2.75) is 14.9 Å². The molecule has 0 spiro atoms. The van der Waals surface area contributed by atoms with Gasteiger partial charge in [0.2, 0.25) is 0 Å². The Labute approximate surface area is 339 Å². The number of rotatable bonds is 5. The summed E-state index contributed by atoms with van der Waals surface area (Å²) in [7, 11) is 0.655. The summed E-state index contributed by atoms with van der Waals surface area (Å²) in [5, 5.41) is 13.4. The van der Waals surface area contributed by atoms with Gasteiger partial charge in [0, 0.05) is 12.5 Å². The summed E-state index contributed by atoms with van der Waals surface area (Å²) in [6, 6.07) is 63.0. The highest BCUT2D eigenvalue weighted by Gasteiger charge is 2.07. The summed E-state index contributed by atoms with van der Waals surface area (Å²) in [4.78, 5) is 0. The molecule has 1 radical (unpaired) electrons. The molecular formula is C46H39BBr2IO2. The first-order valence-electron chi connectivity index (χ1n) is 15.9. The van der Waals surface area contributed by atoms with E-state index in [0.29, 0.717) is 13.4 Å². The number of halogens is 3. The molecule has 0 aromatic heterocycles. The van der Waals surface area contributed by atoms with Gasteiger partial charge in [0.05, 0.1) is 0 Å². The first-order chi connectivity index (χ1) is 24.5. The van der Waals surface area contributed by atoms with Crippen LogP contribution in [0.1, 0.15) is 14.9 Å². The smallest absolute Gasteiger partial charge is 0.537 e. The Bertz CT molecular complexity index is 2330. The van der Waals surface area contributed by atoms with Gasteiger partial charge in [-0.05, 0) is 126 Å². The standard InChI is InChI=1S/C22H15Br.C16H11I.C6H5BBrO2.2CH4/c23-20-10-4-9-19(14-20)21-11-5-8-17-12-13-18(15-22(17)21)16-6-2-1-3-7-16;17-16-8-4-7-13-9-10-14(11-15(13)16)12-5-2-1-3-6-12;8-5-2-1-3-6(4-5)10-7-9;;/h1-15H;1-11H;1-4,9H;2*1H4. The first-order valence-corrected chi connectivity index (χ1v) is 18.6. The lowest BCUT2D eigenvalue weighted by Gasteiger charge is -2.10. The molecule has 1 N–H and O–H groups in total. The van der Waals surface area contributed by atoms with E-state index in [0.717, 1.165) is 8.95 Å². The van der Waals surface area contributed by atoms with Crippen LogP contribution in [-0.2, 0) is 0 Å². The third-order valence-electron chi connectivity index (χ3n) is 8.05. The van der Waals surface area contributed by atoms with Crippen LogP contribution in [0.15, 0.2) is 191 Å². The molecule has 0 aliphatic heterocycles. The van der Waals surface area contributed by atoms with E-state index in [4.69, 9.17) is 5.02 Å². The molecule has 8 aromatic rings. The predicted octanol–water partition coefficient (Wildman–Crippen LogP) is 14.7. The van der Waals surface area contributed by atoms with Crippen molar-refractivity contribution in [2.75, 3.05) is 0 Å². The third kappa shape index (κ3) is 10.7. The molecule has 259 valence electrons. The van der Waals surface area contributed by atoms with Crippen LogP contribution in [0.25, 0.3) is 54.9 Å². The molecule has 0 saturated heterocycles. The van der Waals surface area contributed by atoms with E-state index in [2.05, 4.69) is 211 Å². The zero-order chi connectivity index (χ0) is 34.7. The minimum Gasteiger partial charge on any atom is -0.537 e. The Hall–Kier alpha value is -4.21. The van der Waals surface area contributed by atoms with Crippen molar-refractivity contribution in [3.8, 4) is 39.1 Å². The van der Waals surface area contributed by atoms with Crippen LogP contribution in [0.3, 0.4) is 0 Å². The minimum absolute atomic E-state index is 0. The molecule has 0 unspecified atom stereocenters. The quantitative estimate of drug-likeness (QED) is 0.138. The minimum atomic E-state index is 0. The predicted molar refractivity (Wildman–Crippen MR) is 241 cm³/mol. The molecule has 52 heavy (non-hydrogen) atoms. The molecule has 0 saturated carbocycles. The highest BCUT2D eigenvalue weighted by molar-refractivity contribution is 14.1. The maximum Gasteiger partial charge on any atom is 0.569 e. The fourth-order valence-electron chi connectivity index (χ4n) is 5.64. The van der Waals surface area contributed by atoms with Gasteiger partial charge >= 0.3 is 7.69 Å². The average molecular weight is 921 g/mol. The van der Waals surface area contributed by atoms with Gasteiger partial charge in [0.1, 0.15) is 5.75 Å². The van der Waals surface area contributed by atoms with Crippen molar-refractivity contribution in [3.05, 3.63) is 195 Å². The van der Waals surface area contributed by atoms with Crippen LogP contribution in [0.2, 0.25) is 0 Å². The number of benzene rings is 8. The van der Waals surface area contributed by atoms with Crippen LogP contribution >= 0.6 is 54.5 Å². The molecule has 0 heterocycles. The Morgan fingerprint density at radius 1 is 0.442 bits per heavy atom. The second-order valence-electron chi connectivity index (χ2n) is 11.3. The van der Waals surface area contributed by atoms with Gasteiger partial charge < -0.3 is 9.68 Å². The van der Waals surface area contributed by atoms with Crippen LogP contribution in [-0.4, -0.2) is 12.7 Å². The van der Waals surface area contributed by atoms with Crippen molar-refractivity contribution in [1.29, 1.82) is 0 Å². The van der Waals surface area contributed by atoms with Gasteiger partial charge in [-0.25, -0.2) is 0 Å². The molecule has 0 atom stereocenters. The number of fused-ring (bicyclic) bond motifs is 2. The van der Waals surface area contributed by atoms with E-state index >= 15 is 0 Å². The first kappa shape index (κ1) is 40.6. The van der Waals surface area contributed by atoms with Crippen molar-refractivity contribution in [3.63, 3.8) is 0 Å². The van der Waals surface area contributed by atoms with Crippen LogP contribution < -0.4 is 4.65 Å². The maximum atomic E-state index is 8.25.